The molecule has 0 saturated carbocycles. The maximum absolute atomic E-state index is 12.5. The molecule has 1 amide bonds. The van der Waals surface area contributed by atoms with E-state index in [4.69, 9.17) is 0 Å². The number of rotatable bonds is 5. The van der Waals surface area contributed by atoms with Crippen LogP contribution >= 0.6 is 0 Å². The summed E-state index contributed by atoms with van der Waals surface area (Å²) in [5, 5.41) is 5.62. The van der Waals surface area contributed by atoms with Crippen molar-refractivity contribution < 1.29 is 13.2 Å². The first-order chi connectivity index (χ1) is 10.0. The number of hydrogen-bond donors (Lipinski definition) is 2. The summed E-state index contributed by atoms with van der Waals surface area (Å²) < 4.78 is 26.1. The highest BCUT2D eigenvalue weighted by atomic mass is 32.2. The standard InChI is InChI=1S/C12H19N5O3S/c1-2-4-14-12-15-7-10(8-16-12)21(19,20)17-6-3-5-13-11(18)9-17/h7-8H,2-6,9H2,1H3,(H,13,18)(H,14,15,16). The predicted molar refractivity (Wildman–Crippen MR) is 77.2 cm³/mol. The molecule has 1 fully saturated rings. The lowest BCUT2D eigenvalue weighted by atomic mass is 10.4. The molecule has 0 aliphatic carbocycles. The molecule has 2 rings (SSSR count). The summed E-state index contributed by atoms with van der Waals surface area (Å²) in [4.78, 5) is 19.5. The first-order valence-corrected chi connectivity index (χ1v) is 8.31. The summed E-state index contributed by atoms with van der Waals surface area (Å²) in [5.74, 6) is 0.0997. The Hall–Kier alpha value is -1.74. The number of carbonyl (C=O) groups excluding carboxylic acids is 1. The van der Waals surface area contributed by atoms with Crippen LogP contribution in [-0.4, -0.2) is 54.8 Å². The lowest BCUT2D eigenvalue weighted by molar-refractivity contribution is -0.120. The Kier molecular flexibility index (Phi) is 5.07. The van der Waals surface area contributed by atoms with Gasteiger partial charge >= 0.3 is 0 Å². The molecule has 0 unspecified atom stereocenters. The molecule has 21 heavy (non-hydrogen) atoms. The Morgan fingerprint density at radius 1 is 1.38 bits per heavy atom. The summed E-state index contributed by atoms with van der Waals surface area (Å²) in [7, 11) is -3.74. The van der Waals surface area contributed by atoms with Gasteiger partial charge in [0.2, 0.25) is 21.9 Å². The fourth-order valence-electron chi connectivity index (χ4n) is 1.91. The summed E-state index contributed by atoms with van der Waals surface area (Å²) in [5.41, 5.74) is 0. The van der Waals surface area contributed by atoms with Crippen LogP contribution in [0.25, 0.3) is 0 Å². The number of nitrogens with zero attached hydrogens (tertiary/aromatic N) is 3. The van der Waals surface area contributed by atoms with Gasteiger partial charge in [0, 0.05) is 19.6 Å². The van der Waals surface area contributed by atoms with Crippen molar-refractivity contribution in [3.8, 4) is 0 Å². The Morgan fingerprint density at radius 3 is 2.76 bits per heavy atom. The van der Waals surface area contributed by atoms with Crippen LogP contribution in [0.3, 0.4) is 0 Å². The van der Waals surface area contributed by atoms with Crippen molar-refractivity contribution in [3.05, 3.63) is 12.4 Å². The van der Waals surface area contributed by atoms with Crippen LogP contribution < -0.4 is 10.6 Å². The van der Waals surface area contributed by atoms with E-state index in [0.717, 1.165) is 17.3 Å². The molecule has 0 bridgehead atoms. The Balaban J connectivity index is 2.16. The van der Waals surface area contributed by atoms with Crippen molar-refractivity contribution in [2.75, 3.05) is 31.5 Å². The van der Waals surface area contributed by atoms with Gasteiger partial charge < -0.3 is 10.6 Å². The maximum atomic E-state index is 12.5. The van der Waals surface area contributed by atoms with E-state index in [1.807, 2.05) is 6.92 Å². The smallest absolute Gasteiger partial charge is 0.246 e. The van der Waals surface area contributed by atoms with E-state index in [0.29, 0.717) is 25.5 Å². The van der Waals surface area contributed by atoms with Crippen LogP contribution in [0.1, 0.15) is 19.8 Å². The molecule has 2 N–H and O–H groups in total. The third-order valence-corrected chi connectivity index (χ3v) is 4.82. The third-order valence-electron chi connectivity index (χ3n) is 3.03. The highest BCUT2D eigenvalue weighted by molar-refractivity contribution is 7.89. The molecule has 1 aliphatic heterocycles. The number of carbonyl (C=O) groups is 1. The summed E-state index contributed by atoms with van der Waals surface area (Å²) >= 11 is 0. The minimum absolute atomic E-state index is 0.000696. The van der Waals surface area contributed by atoms with E-state index in [1.54, 1.807) is 0 Å². The van der Waals surface area contributed by atoms with Gasteiger partial charge in [-0.3, -0.25) is 4.79 Å². The number of nitrogens with one attached hydrogen (secondary N) is 2. The number of anilines is 1. The molecule has 1 aliphatic rings. The van der Waals surface area contributed by atoms with Crippen LogP contribution in [-0.2, 0) is 14.8 Å². The topological polar surface area (TPSA) is 104 Å². The molecule has 0 spiro atoms. The van der Waals surface area contributed by atoms with Crippen LogP contribution in [0, 0.1) is 0 Å². The van der Waals surface area contributed by atoms with Gasteiger partial charge in [-0.1, -0.05) is 6.92 Å². The lowest BCUT2D eigenvalue weighted by Crippen LogP contribution is -2.37. The molecule has 1 aromatic heterocycles. The number of sulfonamides is 1. The summed E-state index contributed by atoms with van der Waals surface area (Å²) in [6, 6.07) is 0. The van der Waals surface area contributed by atoms with Gasteiger partial charge in [0.25, 0.3) is 0 Å². The SMILES string of the molecule is CCCNc1ncc(S(=O)(=O)N2CCCNC(=O)C2)cn1. The van der Waals surface area contributed by atoms with E-state index in [1.165, 1.54) is 12.4 Å². The van der Waals surface area contributed by atoms with Gasteiger partial charge in [-0.25, -0.2) is 18.4 Å². The molecule has 2 heterocycles. The molecular weight excluding hydrogens is 294 g/mol. The lowest BCUT2D eigenvalue weighted by Gasteiger charge is -2.18. The largest absolute Gasteiger partial charge is 0.355 e. The van der Waals surface area contributed by atoms with E-state index >= 15 is 0 Å². The molecule has 1 aromatic rings. The summed E-state index contributed by atoms with van der Waals surface area (Å²) in [6.45, 7) is 3.35. The van der Waals surface area contributed by atoms with Crippen molar-refractivity contribution in [2.24, 2.45) is 0 Å². The normalized spacial score (nSPS) is 17.1. The van der Waals surface area contributed by atoms with E-state index in [2.05, 4.69) is 20.6 Å². The van der Waals surface area contributed by atoms with Crippen molar-refractivity contribution >= 4 is 21.9 Å². The molecule has 8 nitrogen and oxygen atoms in total. The first kappa shape index (κ1) is 15.6. The zero-order chi connectivity index (χ0) is 15.3. The zero-order valence-corrected chi connectivity index (χ0v) is 12.7. The monoisotopic (exact) mass is 313 g/mol. The molecule has 0 aromatic carbocycles. The zero-order valence-electron chi connectivity index (χ0n) is 11.9. The maximum Gasteiger partial charge on any atom is 0.246 e. The van der Waals surface area contributed by atoms with E-state index in [-0.39, 0.29) is 17.3 Å². The van der Waals surface area contributed by atoms with Crippen LogP contribution in [0.15, 0.2) is 17.3 Å². The molecule has 116 valence electrons. The van der Waals surface area contributed by atoms with Gasteiger partial charge in [-0.05, 0) is 12.8 Å². The van der Waals surface area contributed by atoms with Gasteiger partial charge in [-0.15, -0.1) is 0 Å². The van der Waals surface area contributed by atoms with Crippen molar-refractivity contribution in [2.45, 2.75) is 24.7 Å². The second-order valence-electron chi connectivity index (χ2n) is 4.71. The van der Waals surface area contributed by atoms with Gasteiger partial charge in [-0.2, -0.15) is 4.31 Å². The Bertz CT molecular complexity index is 587. The molecule has 1 saturated heterocycles. The van der Waals surface area contributed by atoms with E-state index in [9.17, 15) is 13.2 Å². The van der Waals surface area contributed by atoms with E-state index < -0.39 is 10.0 Å². The summed E-state index contributed by atoms with van der Waals surface area (Å²) in [6.07, 6.45) is 4.04. The Morgan fingerprint density at radius 2 is 2.10 bits per heavy atom. The van der Waals surface area contributed by atoms with Gasteiger partial charge in [0.15, 0.2) is 0 Å². The average molecular weight is 313 g/mol. The number of aromatic nitrogens is 2. The quantitative estimate of drug-likeness (QED) is 0.781. The fraction of sp³-hybridized carbons (Fsp3) is 0.583. The van der Waals surface area contributed by atoms with Gasteiger partial charge in [0.05, 0.1) is 18.9 Å². The fourth-order valence-corrected chi connectivity index (χ4v) is 3.24. The molecule has 0 atom stereocenters. The van der Waals surface area contributed by atoms with Gasteiger partial charge in [0.1, 0.15) is 4.90 Å². The molecular formula is C12H19N5O3S. The minimum atomic E-state index is -3.74. The van der Waals surface area contributed by atoms with Crippen LogP contribution in [0.5, 0.6) is 0 Å². The predicted octanol–water partition coefficient (Wildman–Crippen LogP) is -0.191. The van der Waals surface area contributed by atoms with Crippen molar-refractivity contribution in [1.82, 2.24) is 19.6 Å². The van der Waals surface area contributed by atoms with Crippen LogP contribution in [0.2, 0.25) is 0 Å². The van der Waals surface area contributed by atoms with Crippen molar-refractivity contribution in [3.63, 3.8) is 0 Å². The number of amides is 1. The highest BCUT2D eigenvalue weighted by Gasteiger charge is 2.28. The second-order valence-corrected chi connectivity index (χ2v) is 6.65. The average Bonchev–Trinajstić information content (AvgIpc) is 2.70. The first-order valence-electron chi connectivity index (χ1n) is 6.87. The van der Waals surface area contributed by atoms with Crippen LogP contribution in [0.4, 0.5) is 5.95 Å². The Labute approximate surface area is 124 Å². The molecule has 9 heteroatoms. The highest BCUT2D eigenvalue weighted by Crippen LogP contribution is 2.15. The number of hydrogen-bond acceptors (Lipinski definition) is 6. The minimum Gasteiger partial charge on any atom is -0.355 e. The van der Waals surface area contributed by atoms with Crippen molar-refractivity contribution in [1.29, 1.82) is 0 Å². The third kappa shape index (κ3) is 3.88. The molecule has 0 radical (unpaired) electrons. The second kappa shape index (κ2) is 6.81.